The first-order chi connectivity index (χ1) is 9.69. The average molecular weight is 276 g/mol. The first-order valence-electron chi connectivity index (χ1n) is 7.39. The van der Waals surface area contributed by atoms with Crippen molar-refractivity contribution < 1.29 is 9.90 Å². The van der Waals surface area contributed by atoms with Crippen molar-refractivity contribution in [2.24, 2.45) is 5.92 Å². The fourth-order valence-corrected chi connectivity index (χ4v) is 2.54. The molecule has 1 unspecified atom stereocenters. The molecular formula is C16H24N2O2. The third kappa shape index (κ3) is 4.23. The van der Waals surface area contributed by atoms with Crippen LogP contribution in [-0.4, -0.2) is 41.8 Å². The van der Waals surface area contributed by atoms with E-state index in [0.29, 0.717) is 12.3 Å². The molecule has 0 radical (unpaired) electrons. The number of carbonyl (C=O) groups is 1. The first kappa shape index (κ1) is 14.9. The van der Waals surface area contributed by atoms with Crippen molar-refractivity contribution in [1.82, 2.24) is 10.2 Å². The minimum absolute atomic E-state index is 0.0368. The molecule has 2 amide bonds. The van der Waals surface area contributed by atoms with Crippen molar-refractivity contribution in [2.75, 3.05) is 19.7 Å². The molecule has 1 heterocycles. The number of benzene rings is 1. The molecule has 2 N–H and O–H groups in total. The van der Waals surface area contributed by atoms with Crippen molar-refractivity contribution in [2.45, 2.75) is 32.2 Å². The van der Waals surface area contributed by atoms with Gasteiger partial charge in [0.2, 0.25) is 0 Å². The van der Waals surface area contributed by atoms with E-state index in [1.54, 1.807) is 0 Å². The standard InChI is InChI=1S/C16H24N2O2/c1-13-7-9-18(10-8-13)16(20)17-15(12-19)11-14-5-3-2-4-6-14/h2-6,13,15,19H,7-12H2,1H3,(H,17,20). The molecule has 0 saturated carbocycles. The van der Waals surface area contributed by atoms with E-state index in [9.17, 15) is 9.90 Å². The lowest BCUT2D eigenvalue weighted by Gasteiger charge is -2.31. The fraction of sp³-hybridized carbons (Fsp3) is 0.562. The maximum absolute atomic E-state index is 12.2. The van der Waals surface area contributed by atoms with E-state index < -0.39 is 0 Å². The van der Waals surface area contributed by atoms with Crippen molar-refractivity contribution in [3.63, 3.8) is 0 Å². The van der Waals surface area contributed by atoms with Gasteiger partial charge in [-0.15, -0.1) is 0 Å². The summed E-state index contributed by atoms with van der Waals surface area (Å²) >= 11 is 0. The fourth-order valence-electron chi connectivity index (χ4n) is 2.54. The molecule has 110 valence electrons. The maximum atomic E-state index is 12.2. The third-order valence-electron chi connectivity index (χ3n) is 3.94. The maximum Gasteiger partial charge on any atom is 0.317 e. The summed E-state index contributed by atoms with van der Waals surface area (Å²) in [5.74, 6) is 0.706. The molecule has 0 aromatic heterocycles. The number of likely N-dealkylation sites (tertiary alicyclic amines) is 1. The molecule has 0 bridgehead atoms. The van der Waals surface area contributed by atoms with Crippen LogP contribution < -0.4 is 5.32 Å². The Morgan fingerprint density at radius 2 is 2.00 bits per heavy atom. The van der Waals surface area contributed by atoms with Gasteiger partial charge < -0.3 is 15.3 Å². The van der Waals surface area contributed by atoms with Crippen LogP contribution in [-0.2, 0) is 6.42 Å². The molecule has 2 rings (SSSR count). The Kier molecular flexibility index (Phi) is 5.41. The summed E-state index contributed by atoms with van der Waals surface area (Å²) in [5, 5.41) is 12.4. The van der Waals surface area contributed by atoms with Gasteiger partial charge in [-0.1, -0.05) is 37.3 Å². The summed E-state index contributed by atoms with van der Waals surface area (Å²) in [5.41, 5.74) is 1.12. The minimum atomic E-state index is -0.218. The number of rotatable bonds is 4. The molecule has 0 aliphatic carbocycles. The molecule has 4 nitrogen and oxygen atoms in total. The number of nitrogens with zero attached hydrogens (tertiary/aromatic N) is 1. The highest BCUT2D eigenvalue weighted by Crippen LogP contribution is 2.16. The topological polar surface area (TPSA) is 52.6 Å². The Morgan fingerprint density at radius 1 is 1.35 bits per heavy atom. The van der Waals surface area contributed by atoms with E-state index in [4.69, 9.17) is 0 Å². The van der Waals surface area contributed by atoms with Crippen LogP contribution in [0.3, 0.4) is 0 Å². The molecule has 1 aliphatic rings. The van der Waals surface area contributed by atoms with Gasteiger partial charge in [0.15, 0.2) is 0 Å². The summed E-state index contributed by atoms with van der Waals surface area (Å²) in [4.78, 5) is 14.0. The van der Waals surface area contributed by atoms with Gasteiger partial charge in [0, 0.05) is 13.1 Å². The molecule has 1 atom stereocenters. The molecule has 4 heteroatoms. The number of aliphatic hydroxyl groups is 1. The van der Waals surface area contributed by atoms with Crippen LogP contribution in [0.15, 0.2) is 30.3 Å². The van der Waals surface area contributed by atoms with Gasteiger partial charge in [0.25, 0.3) is 0 Å². The van der Waals surface area contributed by atoms with E-state index in [-0.39, 0.29) is 18.7 Å². The Bertz CT molecular complexity index is 414. The highest BCUT2D eigenvalue weighted by molar-refractivity contribution is 5.74. The van der Waals surface area contributed by atoms with Crippen molar-refractivity contribution in [1.29, 1.82) is 0 Å². The Hall–Kier alpha value is -1.55. The first-order valence-corrected chi connectivity index (χ1v) is 7.39. The Morgan fingerprint density at radius 3 is 2.60 bits per heavy atom. The lowest BCUT2D eigenvalue weighted by molar-refractivity contribution is 0.162. The zero-order chi connectivity index (χ0) is 14.4. The van der Waals surface area contributed by atoms with Crippen LogP contribution in [0.1, 0.15) is 25.3 Å². The largest absolute Gasteiger partial charge is 0.394 e. The van der Waals surface area contributed by atoms with Crippen LogP contribution >= 0.6 is 0 Å². The summed E-state index contributed by atoms with van der Waals surface area (Å²) < 4.78 is 0. The van der Waals surface area contributed by atoms with E-state index in [2.05, 4.69) is 12.2 Å². The zero-order valence-electron chi connectivity index (χ0n) is 12.1. The number of urea groups is 1. The van der Waals surface area contributed by atoms with Crippen molar-refractivity contribution in [3.8, 4) is 0 Å². The van der Waals surface area contributed by atoms with E-state index in [1.165, 1.54) is 0 Å². The van der Waals surface area contributed by atoms with Crippen LogP contribution in [0.2, 0.25) is 0 Å². The van der Waals surface area contributed by atoms with Gasteiger partial charge in [-0.3, -0.25) is 0 Å². The number of hydrogen-bond acceptors (Lipinski definition) is 2. The third-order valence-corrected chi connectivity index (χ3v) is 3.94. The summed E-state index contributed by atoms with van der Waals surface area (Å²) in [6.45, 7) is 3.82. The summed E-state index contributed by atoms with van der Waals surface area (Å²) in [7, 11) is 0. The average Bonchev–Trinajstić information content (AvgIpc) is 2.48. The second-order valence-corrected chi connectivity index (χ2v) is 5.69. The van der Waals surface area contributed by atoms with Crippen LogP contribution in [0.5, 0.6) is 0 Å². The second-order valence-electron chi connectivity index (χ2n) is 5.69. The predicted molar refractivity (Wildman–Crippen MR) is 79.5 cm³/mol. The number of nitrogens with one attached hydrogen (secondary N) is 1. The molecule has 1 aromatic carbocycles. The summed E-state index contributed by atoms with van der Waals surface area (Å²) in [6, 6.07) is 9.66. The normalized spacial score (nSPS) is 17.8. The monoisotopic (exact) mass is 276 g/mol. The van der Waals surface area contributed by atoms with Crippen LogP contribution in [0.4, 0.5) is 4.79 Å². The van der Waals surface area contributed by atoms with Crippen molar-refractivity contribution in [3.05, 3.63) is 35.9 Å². The van der Waals surface area contributed by atoms with E-state index in [1.807, 2.05) is 35.2 Å². The van der Waals surface area contributed by atoms with Crippen LogP contribution in [0.25, 0.3) is 0 Å². The lowest BCUT2D eigenvalue weighted by atomic mass is 9.99. The minimum Gasteiger partial charge on any atom is -0.394 e. The number of carbonyl (C=O) groups excluding carboxylic acids is 1. The van der Waals surface area contributed by atoms with Gasteiger partial charge in [-0.2, -0.15) is 0 Å². The highest BCUT2D eigenvalue weighted by Gasteiger charge is 2.22. The molecule has 1 aromatic rings. The van der Waals surface area contributed by atoms with Gasteiger partial charge >= 0.3 is 6.03 Å². The van der Waals surface area contributed by atoms with Gasteiger partial charge in [0.1, 0.15) is 0 Å². The second kappa shape index (κ2) is 7.29. The van der Waals surface area contributed by atoms with E-state index in [0.717, 1.165) is 31.5 Å². The van der Waals surface area contributed by atoms with Gasteiger partial charge in [-0.05, 0) is 30.7 Å². The number of piperidine rings is 1. The number of aliphatic hydroxyl groups excluding tert-OH is 1. The quantitative estimate of drug-likeness (QED) is 0.884. The molecule has 20 heavy (non-hydrogen) atoms. The highest BCUT2D eigenvalue weighted by atomic mass is 16.3. The molecular weight excluding hydrogens is 252 g/mol. The molecule has 1 saturated heterocycles. The zero-order valence-corrected chi connectivity index (χ0v) is 12.1. The lowest BCUT2D eigenvalue weighted by Crippen LogP contribution is -2.49. The smallest absolute Gasteiger partial charge is 0.317 e. The molecule has 0 spiro atoms. The Balaban J connectivity index is 1.85. The molecule has 1 aliphatic heterocycles. The SMILES string of the molecule is CC1CCN(C(=O)NC(CO)Cc2ccccc2)CC1. The summed E-state index contributed by atoms with van der Waals surface area (Å²) in [6.07, 6.45) is 2.79. The number of amides is 2. The van der Waals surface area contributed by atoms with E-state index >= 15 is 0 Å². The van der Waals surface area contributed by atoms with Gasteiger partial charge in [0.05, 0.1) is 12.6 Å². The Labute approximate surface area is 120 Å². The predicted octanol–water partition coefficient (Wildman–Crippen LogP) is 2.03. The molecule has 1 fully saturated rings. The number of hydrogen-bond donors (Lipinski definition) is 2. The van der Waals surface area contributed by atoms with Crippen molar-refractivity contribution >= 4 is 6.03 Å². The van der Waals surface area contributed by atoms with Gasteiger partial charge in [-0.25, -0.2) is 4.79 Å². The van der Waals surface area contributed by atoms with Crippen LogP contribution in [0, 0.1) is 5.92 Å².